The predicted octanol–water partition coefficient (Wildman–Crippen LogP) is 3.03. The molecule has 1 aliphatic rings. The second-order valence-electron chi connectivity index (χ2n) is 8.75. The number of carbonyl (C=O) groups is 3. The number of carboxylic acids is 1. The molecule has 2 aromatic carbocycles. The Morgan fingerprint density at radius 3 is 2.39 bits per heavy atom. The monoisotopic (exact) mass is 518 g/mol. The molecule has 11 heteroatoms. The highest BCUT2D eigenvalue weighted by Gasteiger charge is 2.25. The van der Waals surface area contributed by atoms with E-state index in [0.717, 1.165) is 16.9 Å². The molecule has 1 aliphatic heterocycles. The maximum atomic E-state index is 12.8. The Morgan fingerprint density at radius 1 is 0.947 bits per heavy atom. The van der Waals surface area contributed by atoms with Crippen molar-refractivity contribution in [2.24, 2.45) is 0 Å². The van der Waals surface area contributed by atoms with E-state index in [0.29, 0.717) is 32.1 Å². The van der Waals surface area contributed by atoms with Gasteiger partial charge >= 0.3 is 12.1 Å². The first-order valence-corrected chi connectivity index (χ1v) is 12.3. The van der Waals surface area contributed by atoms with Crippen molar-refractivity contribution < 1.29 is 24.2 Å². The van der Waals surface area contributed by atoms with Crippen LogP contribution in [0, 0.1) is 0 Å². The summed E-state index contributed by atoms with van der Waals surface area (Å²) in [5.74, 6) is -0.848. The molecule has 2 heterocycles. The summed E-state index contributed by atoms with van der Waals surface area (Å²) in [7, 11) is 0. The van der Waals surface area contributed by atoms with Gasteiger partial charge in [-0.2, -0.15) is 0 Å². The highest BCUT2D eigenvalue weighted by molar-refractivity contribution is 5.82. The van der Waals surface area contributed by atoms with Crippen molar-refractivity contribution in [1.82, 2.24) is 20.2 Å². The van der Waals surface area contributed by atoms with Gasteiger partial charge in [0.05, 0.1) is 0 Å². The van der Waals surface area contributed by atoms with Gasteiger partial charge in [-0.1, -0.05) is 36.4 Å². The number of carboxylic acid groups (broad SMARTS) is 1. The van der Waals surface area contributed by atoms with Gasteiger partial charge in [0.1, 0.15) is 12.6 Å². The quantitative estimate of drug-likeness (QED) is 0.370. The van der Waals surface area contributed by atoms with Gasteiger partial charge in [-0.05, 0) is 36.2 Å². The minimum absolute atomic E-state index is 0.00636. The highest BCUT2D eigenvalue weighted by Crippen LogP contribution is 2.22. The van der Waals surface area contributed by atoms with E-state index in [9.17, 15) is 19.5 Å². The van der Waals surface area contributed by atoms with Crippen LogP contribution in [-0.4, -0.2) is 70.2 Å². The molecular formula is C27H30N6O5. The molecule has 11 nitrogen and oxygen atoms in total. The fourth-order valence-corrected chi connectivity index (χ4v) is 4.08. The maximum absolute atomic E-state index is 12.8. The predicted molar refractivity (Wildman–Crippen MR) is 141 cm³/mol. The zero-order valence-electron chi connectivity index (χ0n) is 20.8. The molecule has 0 bridgehead atoms. The van der Waals surface area contributed by atoms with Gasteiger partial charge in [0.15, 0.2) is 0 Å². The van der Waals surface area contributed by atoms with Crippen LogP contribution < -0.4 is 15.5 Å². The van der Waals surface area contributed by atoms with Crippen molar-refractivity contribution in [2.75, 3.05) is 36.4 Å². The summed E-state index contributed by atoms with van der Waals surface area (Å²) < 4.78 is 5.10. The zero-order chi connectivity index (χ0) is 26.7. The number of amides is 2. The van der Waals surface area contributed by atoms with Gasteiger partial charge in [-0.25, -0.2) is 19.6 Å². The standard InChI is InChI=1S/C27H30N6O5/c34-24(11-10-23(25(35)36)31-27(37)38-19-20-6-2-1-3-7-20)33-16-14-32(15-17-33)22-9-4-8-21(18-22)30-26-28-12-5-13-29-26/h1-9,12-13,18,23H,10-11,14-17,19H2,(H,31,37)(H,35,36)(H,28,29,30). The van der Waals surface area contributed by atoms with Crippen LogP contribution >= 0.6 is 0 Å². The van der Waals surface area contributed by atoms with Crippen molar-refractivity contribution in [3.63, 3.8) is 0 Å². The number of nitrogens with zero attached hydrogens (tertiary/aromatic N) is 4. The molecule has 3 N–H and O–H groups in total. The van der Waals surface area contributed by atoms with Crippen molar-refractivity contribution in [3.05, 3.63) is 78.6 Å². The number of aromatic nitrogens is 2. The van der Waals surface area contributed by atoms with E-state index in [1.54, 1.807) is 35.5 Å². The number of piperazine rings is 1. The van der Waals surface area contributed by atoms with Crippen LogP contribution in [0.1, 0.15) is 18.4 Å². The number of alkyl carbamates (subject to hydrolysis) is 1. The Labute approximate surface area is 220 Å². The minimum Gasteiger partial charge on any atom is -0.480 e. The molecule has 1 saturated heterocycles. The largest absolute Gasteiger partial charge is 0.480 e. The average Bonchev–Trinajstić information content (AvgIpc) is 2.95. The van der Waals surface area contributed by atoms with Crippen molar-refractivity contribution in [2.45, 2.75) is 25.5 Å². The van der Waals surface area contributed by atoms with E-state index in [1.165, 1.54) is 0 Å². The number of aliphatic carboxylic acids is 1. The normalized spacial score (nSPS) is 13.9. The maximum Gasteiger partial charge on any atom is 0.408 e. The Morgan fingerprint density at radius 2 is 1.68 bits per heavy atom. The Hall–Kier alpha value is -4.67. The number of anilines is 3. The molecule has 38 heavy (non-hydrogen) atoms. The number of nitrogens with one attached hydrogen (secondary N) is 2. The summed E-state index contributed by atoms with van der Waals surface area (Å²) in [6.45, 7) is 2.35. The van der Waals surface area contributed by atoms with Crippen LogP contribution in [-0.2, 0) is 20.9 Å². The molecule has 198 valence electrons. The summed E-state index contributed by atoms with van der Waals surface area (Å²) in [5.41, 5.74) is 2.67. The number of benzene rings is 2. The Kier molecular flexibility index (Phi) is 9.06. The molecular weight excluding hydrogens is 488 g/mol. The van der Waals surface area contributed by atoms with Gasteiger partial charge in [0.25, 0.3) is 0 Å². The summed E-state index contributed by atoms with van der Waals surface area (Å²) >= 11 is 0. The lowest BCUT2D eigenvalue weighted by atomic mass is 10.1. The van der Waals surface area contributed by atoms with E-state index < -0.39 is 18.1 Å². The number of carbonyl (C=O) groups excluding carboxylic acids is 2. The SMILES string of the molecule is O=C(NC(CCC(=O)N1CCN(c2cccc(Nc3ncccn3)c2)CC1)C(=O)O)OCc1ccccc1. The van der Waals surface area contributed by atoms with E-state index in [4.69, 9.17) is 4.74 Å². The fourth-order valence-electron chi connectivity index (χ4n) is 4.08. The molecule has 2 amide bonds. The van der Waals surface area contributed by atoms with Gasteiger partial charge in [-0.3, -0.25) is 4.79 Å². The molecule has 0 spiro atoms. The second-order valence-corrected chi connectivity index (χ2v) is 8.75. The van der Waals surface area contributed by atoms with E-state index >= 15 is 0 Å². The number of rotatable bonds is 10. The Balaban J connectivity index is 1.22. The third kappa shape index (κ3) is 7.66. The molecule has 0 aliphatic carbocycles. The molecule has 3 aromatic rings. The van der Waals surface area contributed by atoms with E-state index in [2.05, 4.69) is 25.5 Å². The first-order valence-electron chi connectivity index (χ1n) is 12.3. The number of ether oxygens (including phenoxy) is 1. The molecule has 0 saturated carbocycles. The number of hydrogen-bond acceptors (Lipinski definition) is 8. The topological polar surface area (TPSA) is 137 Å². The first-order chi connectivity index (χ1) is 18.5. The average molecular weight is 519 g/mol. The fraction of sp³-hybridized carbons (Fsp3) is 0.296. The van der Waals surface area contributed by atoms with Crippen molar-refractivity contribution in [3.8, 4) is 0 Å². The molecule has 0 radical (unpaired) electrons. The Bertz CT molecular complexity index is 1220. The smallest absolute Gasteiger partial charge is 0.408 e. The second kappa shape index (κ2) is 13.0. The molecule has 1 atom stereocenters. The van der Waals surface area contributed by atoms with Crippen LogP contribution in [0.25, 0.3) is 0 Å². The first kappa shape index (κ1) is 26.4. The van der Waals surface area contributed by atoms with Gasteiger partial charge in [-0.15, -0.1) is 0 Å². The van der Waals surface area contributed by atoms with Gasteiger partial charge in [0.2, 0.25) is 11.9 Å². The molecule has 1 fully saturated rings. The molecule has 1 unspecified atom stereocenters. The van der Waals surface area contributed by atoms with Crippen LogP contribution in [0.15, 0.2) is 73.1 Å². The summed E-state index contributed by atoms with van der Waals surface area (Å²) in [6.07, 6.45) is 2.48. The van der Waals surface area contributed by atoms with E-state index in [-0.39, 0.29) is 25.4 Å². The lowest BCUT2D eigenvalue weighted by molar-refractivity contribution is -0.140. The lowest BCUT2D eigenvalue weighted by Crippen LogP contribution is -2.49. The summed E-state index contributed by atoms with van der Waals surface area (Å²) in [4.78, 5) is 48.7. The molecule has 1 aromatic heterocycles. The zero-order valence-corrected chi connectivity index (χ0v) is 20.8. The molecule has 4 rings (SSSR count). The summed E-state index contributed by atoms with van der Waals surface area (Å²) in [5, 5.41) is 15.0. The van der Waals surface area contributed by atoms with Crippen LogP contribution in [0.5, 0.6) is 0 Å². The van der Waals surface area contributed by atoms with Crippen LogP contribution in [0.3, 0.4) is 0 Å². The van der Waals surface area contributed by atoms with E-state index in [1.807, 2.05) is 42.5 Å². The lowest BCUT2D eigenvalue weighted by Gasteiger charge is -2.36. The third-order valence-corrected chi connectivity index (χ3v) is 6.12. The summed E-state index contributed by atoms with van der Waals surface area (Å²) in [6, 6.07) is 17.5. The van der Waals surface area contributed by atoms with Crippen LogP contribution in [0.2, 0.25) is 0 Å². The van der Waals surface area contributed by atoms with Crippen LogP contribution in [0.4, 0.5) is 22.1 Å². The van der Waals surface area contributed by atoms with Gasteiger partial charge < -0.3 is 30.3 Å². The highest BCUT2D eigenvalue weighted by atomic mass is 16.5. The third-order valence-electron chi connectivity index (χ3n) is 6.12. The number of hydrogen-bond donors (Lipinski definition) is 3. The van der Waals surface area contributed by atoms with Crippen molar-refractivity contribution >= 4 is 35.3 Å². The van der Waals surface area contributed by atoms with Crippen molar-refractivity contribution in [1.29, 1.82) is 0 Å². The van der Waals surface area contributed by atoms with Gasteiger partial charge in [0, 0.05) is 56.4 Å². The minimum atomic E-state index is -1.22.